The number of hydrogen-bond acceptors (Lipinski definition) is 2. The summed E-state index contributed by atoms with van der Waals surface area (Å²) in [5, 5.41) is 0. The molecule has 100 valence electrons. The molecule has 1 N–H and O–H groups in total. The van der Waals surface area contributed by atoms with Crippen LogP contribution in [0.3, 0.4) is 0 Å². The molecule has 2 aromatic rings. The molecule has 0 aliphatic heterocycles. The van der Waals surface area contributed by atoms with Crippen LogP contribution in [0.25, 0.3) is 11.3 Å². The number of rotatable bonds is 2. The Morgan fingerprint density at radius 2 is 2.05 bits per heavy atom. The van der Waals surface area contributed by atoms with E-state index in [1.165, 1.54) is 0 Å². The lowest BCUT2D eigenvalue weighted by atomic mass is 10.1. The minimum atomic E-state index is -0.294. The van der Waals surface area contributed by atoms with Gasteiger partial charge in [0.25, 0.3) is 0 Å². The molecular weight excluding hydrogens is 327 g/mol. The van der Waals surface area contributed by atoms with E-state index in [0.29, 0.717) is 20.4 Å². The van der Waals surface area contributed by atoms with Crippen molar-refractivity contribution < 1.29 is 4.39 Å². The van der Waals surface area contributed by atoms with Crippen LogP contribution in [0.5, 0.6) is 0 Å². The van der Waals surface area contributed by atoms with Crippen LogP contribution in [0.1, 0.15) is 31.2 Å². The molecule has 1 aromatic carbocycles. The van der Waals surface area contributed by atoms with Crippen molar-refractivity contribution >= 4 is 28.1 Å². The highest BCUT2D eigenvalue weighted by Gasteiger charge is 2.14. The summed E-state index contributed by atoms with van der Waals surface area (Å²) in [5.41, 5.74) is 1.99. The highest BCUT2D eigenvalue weighted by molar-refractivity contribution is 9.10. The number of benzene rings is 1. The van der Waals surface area contributed by atoms with Crippen LogP contribution in [0, 0.1) is 17.4 Å². The van der Waals surface area contributed by atoms with Crippen LogP contribution in [0.15, 0.2) is 22.7 Å². The maximum atomic E-state index is 14.2. The number of halogens is 2. The Labute approximate surface area is 125 Å². The minimum absolute atomic E-state index is 0.205. The molecule has 19 heavy (non-hydrogen) atoms. The fraction of sp³-hybridized carbons (Fsp3) is 0.286. The van der Waals surface area contributed by atoms with Crippen LogP contribution in [0.4, 0.5) is 4.39 Å². The van der Waals surface area contributed by atoms with Gasteiger partial charge >= 0.3 is 0 Å². The second-order valence-corrected chi connectivity index (χ2v) is 5.92. The van der Waals surface area contributed by atoms with Crippen molar-refractivity contribution in [3.63, 3.8) is 0 Å². The average molecular weight is 341 g/mol. The molecule has 0 unspecified atom stereocenters. The fourth-order valence-corrected chi connectivity index (χ4v) is 2.36. The van der Waals surface area contributed by atoms with Crippen LogP contribution < -0.4 is 0 Å². The van der Waals surface area contributed by atoms with Gasteiger partial charge in [-0.15, -0.1) is 0 Å². The first kappa shape index (κ1) is 14.3. The molecule has 0 saturated carbocycles. The van der Waals surface area contributed by atoms with E-state index in [4.69, 9.17) is 12.2 Å². The summed E-state index contributed by atoms with van der Waals surface area (Å²) < 4.78 is 15.2. The van der Waals surface area contributed by atoms with Crippen LogP contribution in [-0.2, 0) is 0 Å². The zero-order valence-electron chi connectivity index (χ0n) is 10.9. The zero-order chi connectivity index (χ0) is 14.2. The maximum Gasteiger partial charge on any atom is 0.146 e. The fourth-order valence-electron chi connectivity index (χ4n) is 1.79. The van der Waals surface area contributed by atoms with E-state index in [9.17, 15) is 4.39 Å². The summed E-state index contributed by atoms with van der Waals surface area (Å²) in [5.74, 6) is 0.679. The maximum absolute atomic E-state index is 14.2. The summed E-state index contributed by atoms with van der Waals surface area (Å²) in [6.45, 7) is 5.89. The van der Waals surface area contributed by atoms with Crippen molar-refractivity contribution in [2.24, 2.45) is 0 Å². The van der Waals surface area contributed by atoms with Gasteiger partial charge in [0.05, 0.1) is 10.2 Å². The first-order chi connectivity index (χ1) is 8.91. The monoisotopic (exact) mass is 340 g/mol. The van der Waals surface area contributed by atoms with Gasteiger partial charge in [-0.05, 0) is 35.0 Å². The Balaban J connectivity index is 2.75. The zero-order valence-corrected chi connectivity index (χ0v) is 13.3. The summed E-state index contributed by atoms with van der Waals surface area (Å²) in [6, 6.07) is 5.21. The summed E-state index contributed by atoms with van der Waals surface area (Å²) in [7, 11) is 0. The number of aromatic nitrogens is 2. The molecule has 5 heteroatoms. The average Bonchev–Trinajstić information content (AvgIpc) is 2.36. The molecule has 2 nitrogen and oxygen atoms in total. The highest BCUT2D eigenvalue weighted by Crippen LogP contribution is 2.29. The number of aromatic amines is 1. The summed E-state index contributed by atoms with van der Waals surface area (Å²) in [4.78, 5) is 7.53. The Hall–Kier alpha value is -1.07. The Bertz CT molecular complexity index is 680. The van der Waals surface area contributed by atoms with E-state index in [-0.39, 0.29) is 11.7 Å². The van der Waals surface area contributed by atoms with Crippen molar-refractivity contribution in [2.75, 3.05) is 0 Å². The Morgan fingerprint density at radius 3 is 2.68 bits per heavy atom. The lowest BCUT2D eigenvalue weighted by Gasteiger charge is -2.12. The molecule has 0 radical (unpaired) electrons. The third-order valence-corrected chi connectivity index (χ3v) is 3.95. The van der Waals surface area contributed by atoms with Crippen molar-refractivity contribution in [2.45, 2.75) is 26.7 Å². The molecule has 1 aromatic heterocycles. The van der Waals surface area contributed by atoms with Gasteiger partial charge in [-0.2, -0.15) is 0 Å². The third kappa shape index (κ3) is 2.77. The second-order valence-electron chi connectivity index (χ2n) is 4.68. The van der Waals surface area contributed by atoms with Crippen LogP contribution in [0.2, 0.25) is 0 Å². The molecule has 0 amide bonds. The van der Waals surface area contributed by atoms with E-state index in [1.54, 1.807) is 18.2 Å². The van der Waals surface area contributed by atoms with E-state index < -0.39 is 0 Å². The van der Waals surface area contributed by atoms with E-state index >= 15 is 0 Å². The first-order valence-electron chi connectivity index (χ1n) is 5.97. The Kier molecular flexibility index (Phi) is 4.16. The number of nitrogens with zero attached hydrogens (tertiary/aromatic N) is 1. The van der Waals surface area contributed by atoms with E-state index in [2.05, 4.69) is 25.9 Å². The summed E-state index contributed by atoms with van der Waals surface area (Å²) >= 11 is 8.46. The van der Waals surface area contributed by atoms with Crippen molar-refractivity contribution in [3.05, 3.63) is 44.5 Å². The molecule has 0 spiro atoms. The molecule has 0 aliphatic carbocycles. The lowest BCUT2D eigenvalue weighted by molar-refractivity contribution is 0.623. The van der Waals surface area contributed by atoms with Gasteiger partial charge < -0.3 is 4.98 Å². The molecule has 0 fully saturated rings. The third-order valence-electron chi connectivity index (χ3n) is 2.94. The Morgan fingerprint density at radius 1 is 1.37 bits per heavy atom. The topological polar surface area (TPSA) is 28.7 Å². The molecule has 0 aliphatic rings. The molecular formula is C14H14BrFN2S. The standard InChI is InChI=1S/C14H14BrFN2S/c1-7(2)13-17-12(8(3)14(19)18-13)9-5-4-6-10(15)11(9)16/h4-7H,1-3H3,(H,17,18,19). The van der Waals surface area contributed by atoms with Gasteiger partial charge in [0.15, 0.2) is 0 Å². The smallest absolute Gasteiger partial charge is 0.146 e. The van der Waals surface area contributed by atoms with Crippen molar-refractivity contribution in [1.82, 2.24) is 9.97 Å². The molecule has 2 rings (SSSR count). The van der Waals surface area contributed by atoms with Gasteiger partial charge in [0, 0.05) is 17.0 Å². The van der Waals surface area contributed by atoms with Gasteiger partial charge in [-0.25, -0.2) is 9.37 Å². The van der Waals surface area contributed by atoms with Gasteiger partial charge in [0.2, 0.25) is 0 Å². The van der Waals surface area contributed by atoms with E-state index in [1.807, 2.05) is 20.8 Å². The number of H-pyrrole nitrogens is 1. The van der Waals surface area contributed by atoms with E-state index in [0.717, 1.165) is 11.4 Å². The predicted molar refractivity (Wildman–Crippen MR) is 81.3 cm³/mol. The molecule has 0 bridgehead atoms. The SMILES string of the molecule is Cc1c(-c2cccc(Br)c2F)[nH]c(C(C)C)nc1=S. The number of nitrogens with one attached hydrogen (secondary N) is 1. The second kappa shape index (κ2) is 5.51. The van der Waals surface area contributed by atoms with Crippen LogP contribution >= 0.6 is 28.1 Å². The van der Waals surface area contributed by atoms with Gasteiger partial charge in [-0.3, -0.25) is 0 Å². The van der Waals surface area contributed by atoms with Crippen molar-refractivity contribution in [1.29, 1.82) is 0 Å². The first-order valence-corrected chi connectivity index (χ1v) is 7.17. The quantitative estimate of drug-likeness (QED) is 0.766. The normalized spacial score (nSPS) is 11.1. The molecule has 1 heterocycles. The molecule has 0 saturated heterocycles. The van der Waals surface area contributed by atoms with Crippen molar-refractivity contribution in [3.8, 4) is 11.3 Å². The lowest BCUT2D eigenvalue weighted by Crippen LogP contribution is -2.03. The van der Waals surface area contributed by atoms with Gasteiger partial charge in [-0.1, -0.05) is 32.1 Å². The summed E-state index contributed by atoms with van der Waals surface area (Å²) in [6.07, 6.45) is 0. The minimum Gasteiger partial charge on any atom is -0.343 e. The van der Waals surface area contributed by atoms with Gasteiger partial charge in [0.1, 0.15) is 16.3 Å². The largest absolute Gasteiger partial charge is 0.343 e. The molecule has 0 atom stereocenters. The predicted octanol–water partition coefficient (Wildman–Crippen LogP) is 5.14. The number of hydrogen-bond donors (Lipinski definition) is 1. The van der Waals surface area contributed by atoms with Crippen LogP contribution in [-0.4, -0.2) is 9.97 Å². The highest BCUT2D eigenvalue weighted by atomic mass is 79.9.